The van der Waals surface area contributed by atoms with Crippen LogP contribution in [0.25, 0.3) is 5.70 Å². The first-order valence-electron chi connectivity index (χ1n) is 11.5. The van der Waals surface area contributed by atoms with E-state index in [1.54, 1.807) is 29.6 Å². The Labute approximate surface area is 219 Å². The number of halogens is 4. The van der Waals surface area contributed by atoms with Gasteiger partial charge in [-0.2, -0.15) is 13.2 Å². The highest BCUT2D eigenvalue weighted by Gasteiger charge is 2.38. The number of nitrogen functional groups attached to an aromatic ring is 1. The molecule has 15 heteroatoms. The van der Waals surface area contributed by atoms with Crippen molar-refractivity contribution in [2.75, 3.05) is 17.6 Å². The number of nitrogens with two attached hydrogens (primary N) is 1. The third-order valence-electron chi connectivity index (χ3n) is 5.14. The molecule has 39 heavy (non-hydrogen) atoms. The highest BCUT2D eigenvalue weighted by molar-refractivity contribution is 6.08. The molecule has 0 aliphatic rings. The first-order chi connectivity index (χ1) is 18.5. The smallest absolute Gasteiger partial charge is 0.382 e. The molecule has 11 nitrogen and oxygen atoms in total. The van der Waals surface area contributed by atoms with Gasteiger partial charge in [-0.05, 0) is 25.0 Å². The molecule has 0 unspecified atom stereocenters. The number of hydrogen-bond acceptors (Lipinski definition) is 9. The van der Waals surface area contributed by atoms with Gasteiger partial charge in [-0.25, -0.2) is 14.4 Å². The number of amides is 2. The first kappa shape index (κ1) is 28.7. The van der Waals surface area contributed by atoms with Crippen LogP contribution in [-0.2, 0) is 16.1 Å². The quantitative estimate of drug-likeness (QED) is 0.130. The number of nitrogens with zero attached hydrogens (tertiary/aromatic N) is 3. The predicted octanol–water partition coefficient (Wildman–Crippen LogP) is 3.17. The lowest BCUT2D eigenvalue weighted by atomic mass is 10.2. The average molecular weight is 549 g/mol. The Morgan fingerprint density at radius 1 is 1.13 bits per heavy atom. The van der Waals surface area contributed by atoms with Crippen LogP contribution in [0.3, 0.4) is 0 Å². The third-order valence-corrected chi connectivity index (χ3v) is 5.14. The fourth-order valence-corrected chi connectivity index (χ4v) is 3.15. The van der Waals surface area contributed by atoms with Crippen LogP contribution in [0.2, 0.25) is 0 Å². The molecule has 0 bridgehead atoms. The molecule has 2 heterocycles. The van der Waals surface area contributed by atoms with Crippen LogP contribution in [0.15, 0.2) is 53.4 Å². The van der Waals surface area contributed by atoms with Crippen molar-refractivity contribution in [2.45, 2.75) is 32.0 Å². The third kappa shape index (κ3) is 8.62. The highest BCUT2D eigenvalue weighted by Crippen LogP contribution is 2.18. The maximum Gasteiger partial charge on any atom is 0.471 e. The second-order valence-electron chi connectivity index (χ2n) is 8.05. The van der Waals surface area contributed by atoms with Crippen LogP contribution in [0.5, 0.6) is 0 Å². The second kappa shape index (κ2) is 13.1. The first-order valence-corrected chi connectivity index (χ1v) is 11.5. The van der Waals surface area contributed by atoms with E-state index in [-0.39, 0.29) is 55.4 Å². The molecule has 0 aliphatic carbocycles. The Bertz CT molecular complexity index is 1340. The van der Waals surface area contributed by atoms with E-state index in [9.17, 15) is 27.2 Å². The summed E-state index contributed by atoms with van der Waals surface area (Å²) < 4.78 is 55.3. The van der Waals surface area contributed by atoms with Gasteiger partial charge >= 0.3 is 12.1 Å². The monoisotopic (exact) mass is 548 g/mol. The topological polar surface area (TPSA) is 172 Å². The molecular formula is C24H24F4N8O3. The van der Waals surface area contributed by atoms with E-state index < -0.39 is 23.8 Å². The van der Waals surface area contributed by atoms with Crippen molar-refractivity contribution in [3.05, 3.63) is 71.8 Å². The van der Waals surface area contributed by atoms with Gasteiger partial charge in [0.05, 0.1) is 11.9 Å². The van der Waals surface area contributed by atoms with Crippen LogP contribution in [0.1, 0.15) is 36.3 Å². The fourth-order valence-electron chi connectivity index (χ4n) is 3.15. The lowest BCUT2D eigenvalue weighted by Crippen LogP contribution is -2.37. The maximum absolute atomic E-state index is 14.0. The zero-order chi connectivity index (χ0) is 28.4. The molecule has 3 rings (SSSR count). The number of alkyl halides is 3. The Morgan fingerprint density at radius 3 is 2.56 bits per heavy atom. The Balaban J connectivity index is 1.58. The average Bonchev–Trinajstić information content (AvgIpc) is 3.42. The number of nitrogens with one attached hydrogen (secondary N) is 4. The number of unbranched alkanes of at least 4 members (excludes halogenated alkanes) is 1. The lowest BCUT2D eigenvalue weighted by molar-refractivity contribution is -0.173. The van der Waals surface area contributed by atoms with Gasteiger partial charge in [0.1, 0.15) is 29.2 Å². The number of carbonyl (C=O) groups is 2. The Hall–Kier alpha value is -4.82. The fraction of sp³-hybridized carbons (Fsp3) is 0.250. The van der Waals surface area contributed by atoms with Gasteiger partial charge in [-0.15, -0.1) is 0 Å². The molecule has 0 saturated heterocycles. The molecule has 0 spiro atoms. The van der Waals surface area contributed by atoms with Gasteiger partial charge < -0.3 is 26.2 Å². The van der Waals surface area contributed by atoms with Crippen molar-refractivity contribution in [2.24, 2.45) is 0 Å². The highest BCUT2D eigenvalue weighted by atomic mass is 19.4. The van der Waals surface area contributed by atoms with Gasteiger partial charge in [-0.3, -0.25) is 15.0 Å². The van der Waals surface area contributed by atoms with Crippen molar-refractivity contribution in [1.29, 1.82) is 5.41 Å². The molecule has 0 fully saturated rings. The maximum atomic E-state index is 14.0. The van der Waals surface area contributed by atoms with Gasteiger partial charge in [0.25, 0.3) is 0 Å². The number of aromatic nitrogens is 3. The summed E-state index contributed by atoms with van der Waals surface area (Å²) >= 11 is 0. The zero-order valence-corrected chi connectivity index (χ0v) is 20.3. The number of rotatable bonds is 12. The SMILES string of the molecule is N=C(/C=C(\NCc1ccccc1F)c1ccon1)c1ncc(NC(=O)CCCCNC(=O)C(F)(F)F)c(N)n1. The van der Waals surface area contributed by atoms with Crippen molar-refractivity contribution < 1.29 is 31.7 Å². The Kier molecular flexibility index (Phi) is 9.67. The predicted molar refractivity (Wildman–Crippen MR) is 133 cm³/mol. The summed E-state index contributed by atoms with van der Waals surface area (Å²) in [5.74, 6) is -3.11. The summed E-state index contributed by atoms with van der Waals surface area (Å²) in [6.07, 6.45) is -0.722. The van der Waals surface area contributed by atoms with E-state index in [1.165, 1.54) is 24.6 Å². The Morgan fingerprint density at radius 2 is 1.90 bits per heavy atom. The van der Waals surface area contributed by atoms with E-state index in [4.69, 9.17) is 15.7 Å². The van der Waals surface area contributed by atoms with Gasteiger partial charge in [0.15, 0.2) is 11.6 Å². The summed E-state index contributed by atoms with van der Waals surface area (Å²) in [6.45, 7) is -0.131. The molecule has 6 N–H and O–H groups in total. The minimum absolute atomic E-state index is 0.0453. The van der Waals surface area contributed by atoms with Gasteiger partial charge in [0.2, 0.25) is 5.91 Å². The van der Waals surface area contributed by atoms with Crippen LogP contribution in [0.4, 0.5) is 29.1 Å². The van der Waals surface area contributed by atoms with Crippen molar-refractivity contribution in [1.82, 2.24) is 25.8 Å². The second-order valence-corrected chi connectivity index (χ2v) is 8.05. The van der Waals surface area contributed by atoms with E-state index >= 15 is 0 Å². The van der Waals surface area contributed by atoms with Crippen LogP contribution in [0, 0.1) is 11.2 Å². The van der Waals surface area contributed by atoms with Crippen molar-refractivity contribution in [3.8, 4) is 0 Å². The van der Waals surface area contributed by atoms with E-state index in [2.05, 4.69) is 25.8 Å². The molecule has 3 aromatic rings. The molecule has 1 aromatic carbocycles. The summed E-state index contributed by atoms with van der Waals surface area (Å²) in [4.78, 5) is 31.0. The summed E-state index contributed by atoms with van der Waals surface area (Å²) in [7, 11) is 0. The molecule has 206 valence electrons. The van der Waals surface area contributed by atoms with Crippen molar-refractivity contribution in [3.63, 3.8) is 0 Å². The lowest BCUT2D eigenvalue weighted by Gasteiger charge is -2.11. The molecule has 2 aromatic heterocycles. The normalized spacial score (nSPS) is 11.6. The number of anilines is 2. The molecule has 0 atom stereocenters. The minimum atomic E-state index is -4.96. The number of benzene rings is 1. The zero-order valence-electron chi connectivity index (χ0n) is 20.3. The summed E-state index contributed by atoms with van der Waals surface area (Å²) in [5, 5.41) is 19.4. The molecule has 0 aliphatic heterocycles. The van der Waals surface area contributed by atoms with E-state index in [0.29, 0.717) is 17.0 Å². The number of carbonyl (C=O) groups excluding carboxylic acids is 2. The largest absolute Gasteiger partial charge is 0.471 e. The van der Waals surface area contributed by atoms with Gasteiger partial charge in [-0.1, -0.05) is 23.4 Å². The molecular weight excluding hydrogens is 524 g/mol. The molecule has 0 saturated carbocycles. The summed E-state index contributed by atoms with van der Waals surface area (Å²) in [5.41, 5.74) is 6.91. The molecule has 0 radical (unpaired) electrons. The number of allylic oxidation sites excluding steroid dienone is 1. The van der Waals surface area contributed by atoms with Crippen LogP contribution < -0.4 is 21.7 Å². The minimum Gasteiger partial charge on any atom is -0.382 e. The van der Waals surface area contributed by atoms with E-state index in [0.717, 1.165) is 0 Å². The van der Waals surface area contributed by atoms with Crippen LogP contribution >= 0.6 is 0 Å². The standard InChI is InChI=1S/C24H24F4N8O3/c25-15-6-2-1-5-14(15)12-32-18(17-8-10-39-36-17)11-16(29)22-33-13-19(21(30)35-22)34-20(37)7-3-4-9-31-23(38)24(26,27)28/h1-2,5-6,8,10-11,13,29,32H,3-4,7,9,12H2,(H,31,38)(H,34,37)(H2,30,33,35)/b18-11-,29-16?. The van der Waals surface area contributed by atoms with E-state index in [1.807, 2.05) is 0 Å². The van der Waals surface area contributed by atoms with Gasteiger partial charge in [0, 0.05) is 31.1 Å². The summed E-state index contributed by atoms with van der Waals surface area (Å²) in [6, 6.07) is 7.74. The molecule has 2 amide bonds. The number of hydrogen-bond donors (Lipinski definition) is 5. The van der Waals surface area contributed by atoms with Crippen LogP contribution in [-0.4, -0.2) is 45.4 Å². The van der Waals surface area contributed by atoms with Crippen molar-refractivity contribution >= 4 is 34.7 Å².